The Morgan fingerprint density at radius 3 is 2.49 bits per heavy atom. The van der Waals surface area contributed by atoms with Crippen LogP contribution < -0.4 is 20.7 Å². The van der Waals surface area contributed by atoms with Gasteiger partial charge in [-0.25, -0.2) is 13.8 Å². The molecule has 3 aromatic rings. The minimum absolute atomic E-state index is 0.0197. The standard InChI is InChI=1S/C26H29F2N5O4/c1-26(15-27,16-28)22-13-23(33-37-22)32-24(34)12-17-2-4-18(5-3-17)31-25(35)21-7-6-20(14-30-21)36-19-8-10-29-11-9-19/h2-7,13-14,19,29H,8-12,15-16H2,1H3,(H,31,35)(H,32,33,34). The fourth-order valence-electron chi connectivity index (χ4n) is 3.75. The molecular weight excluding hydrogens is 484 g/mol. The van der Waals surface area contributed by atoms with Crippen LogP contribution in [0.4, 0.5) is 20.3 Å². The quantitative estimate of drug-likeness (QED) is 0.377. The van der Waals surface area contributed by atoms with Gasteiger partial charge in [0.05, 0.1) is 18.0 Å². The van der Waals surface area contributed by atoms with Crippen LogP contribution in [-0.4, -0.2) is 54.5 Å². The van der Waals surface area contributed by atoms with Crippen molar-refractivity contribution in [3.8, 4) is 5.75 Å². The third kappa shape index (κ3) is 6.88. The summed E-state index contributed by atoms with van der Waals surface area (Å²) in [4.78, 5) is 29.1. The van der Waals surface area contributed by atoms with Crippen molar-refractivity contribution >= 4 is 23.3 Å². The number of nitrogens with zero attached hydrogens (tertiary/aromatic N) is 2. The number of aromatic nitrogens is 2. The van der Waals surface area contributed by atoms with E-state index in [1.165, 1.54) is 13.0 Å². The van der Waals surface area contributed by atoms with E-state index in [0.717, 1.165) is 25.9 Å². The summed E-state index contributed by atoms with van der Waals surface area (Å²) in [5.41, 5.74) is 0.0525. The highest BCUT2D eigenvalue weighted by atomic mass is 19.1. The Balaban J connectivity index is 1.27. The molecule has 1 aromatic carbocycles. The molecule has 0 unspecified atom stereocenters. The number of pyridine rings is 1. The normalized spacial score (nSPS) is 14.2. The zero-order valence-electron chi connectivity index (χ0n) is 20.4. The number of ether oxygens (including phenoxy) is 1. The molecule has 0 bridgehead atoms. The molecule has 1 aliphatic rings. The van der Waals surface area contributed by atoms with Crippen LogP contribution in [0.25, 0.3) is 0 Å². The number of carbonyl (C=O) groups is 2. The number of hydrogen-bond acceptors (Lipinski definition) is 7. The molecule has 0 atom stereocenters. The van der Waals surface area contributed by atoms with E-state index in [9.17, 15) is 18.4 Å². The van der Waals surface area contributed by atoms with Gasteiger partial charge in [-0.2, -0.15) is 0 Å². The first-order valence-electron chi connectivity index (χ1n) is 12.0. The van der Waals surface area contributed by atoms with E-state index in [4.69, 9.17) is 9.26 Å². The van der Waals surface area contributed by atoms with Crippen LogP contribution in [0.3, 0.4) is 0 Å². The van der Waals surface area contributed by atoms with Gasteiger partial charge in [0.25, 0.3) is 5.91 Å². The molecule has 3 heterocycles. The number of amides is 2. The molecule has 9 nitrogen and oxygen atoms in total. The maximum absolute atomic E-state index is 13.1. The lowest BCUT2D eigenvalue weighted by molar-refractivity contribution is -0.115. The predicted molar refractivity (Wildman–Crippen MR) is 133 cm³/mol. The molecule has 0 radical (unpaired) electrons. The second-order valence-electron chi connectivity index (χ2n) is 9.23. The van der Waals surface area contributed by atoms with Crippen LogP contribution in [0.15, 0.2) is 53.2 Å². The number of benzene rings is 1. The van der Waals surface area contributed by atoms with Crippen LogP contribution in [0.1, 0.15) is 41.6 Å². The van der Waals surface area contributed by atoms with Gasteiger partial charge in [-0.1, -0.05) is 17.3 Å². The van der Waals surface area contributed by atoms with Crippen molar-refractivity contribution in [2.24, 2.45) is 0 Å². The summed E-state index contributed by atoms with van der Waals surface area (Å²) in [6.07, 6.45) is 3.59. The number of piperidine rings is 1. The van der Waals surface area contributed by atoms with Crippen molar-refractivity contribution in [2.75, 3.05) is 37.1 Å². The van der Waals surface area contributed by atoms with Gasteiger partial charge in [-0.05, 0) is 62.7 Å². The first-order chi connectivity index (χ1) is 17.9. The Morgan fingerprint density at radius 2 is 1.84 bits per heavy atom. The first kappa shape index (κ1) is 26.2. The van der Waals surface area contributed by atoms with E-state index in [-0.39, 0.29) is 41.6 Å². The van der Waals surface area contributed by atoms with E-state index < -0.39 is 18.8 Å². The predicted octanol–water partition coefficient (Wildman–Crippen LogP) is 3.83. The third-order valence-electron chi connectivity index (χ3n) is 6.10. The minimum atomic E-state index is -1.44. The lowest BCUT2D eigenvalue weighted by Gasteiger charge is -2.23. The van der Waals surface area contributed by atoms with Crippen LogP contribution in [-0.2, 0) is 16.6 Å². The molecule has 1 fully saturated rings. The smallest absolute Gasteiger partial charge is 0.274 e. The molecule has 11 heteroatoms. The first-order valence-corrected chi connectivity index (χ1v) is 12.0. The van der Waals surface area contributed by atoms with Crippen molar-refractivity contribution < 1.29 is 27.6 Å². The van der Waals surface area contributed by atoms with Gasteiger partial charge < -0.3 is 25.2 Å². The number of alkyl halides is 2. The Hall–Kier alpha value is -3.86. The third-order valence-corrected chi connectivity index (χ3v) is 6.10. The number of nitrogens with one attached hydrogen (secondary N) is 3. The van der Waals surface area contributed by atoms with Gasteiger partial charge in [0, 0.05) is 11.8 Å². The van der Waals surface area contributed by atoms with Crippen LogP contribution in [0.2, 0.25) is 0 Å². The topological polar surface area (TPSA) is 118 Å². The molecule has 0 saturated carbocycles. The summed E-state index contributed by atoms with van der Waals surface area (Å²) < 4.78 is 37.2. The summed E-state index contributed by atoms with van der Waals surface area (Å²) in [5, 5.41) is 12.3. The van der Waals surface area contributed by atoms with E-state index in [1.807, 2.05) is 0 Å². The van der Waals surface area contributed by atoms with E-state index in [2.05, 4.69) is 26.1 Å². The monoisotopic (exact) mass is 513 g/mol. The van der Waals surface area contributed by atoms with Crippen LogP contribution in [0.5, 0.6) is 5.75 Å². The summed E-state index contributed by atoms with van der Waals surface area (Å²) in [6.45, 7) is 1.31. The Morgan fingerprint density at radius 1 is 1.11 bits per heavy atom. The van der Waals surface area contributed by atoms with Crippen molar-refractivity contribution in [3.63, 3.8) is 0 Å². The molecule has 37 heavy (non-hydrogen) atoms. The second-order valence-corrected chi connectivity index (χ2v) is 9.23. The van der Waals surface area contributed by atoms with Gasteiger partial charge in [-0.3, -0.25) is 9.59 Å². The minimum Gasteiger partial charge on any atom is -0.489 e. The molecule has 1 saturated heterocycles. The van der Waals surface area contributed by atoms with E-state index in [0.29, 0.717) is 17.0 Å². The van der Waals surface area contributed by atoms with Gasteiger partial charge in [-0.15, -0.1) is 0 Å². The van der Waals surface area contributed by atoms with Gasteiger partial charge in [0.2, 0.25) is 5.91 Å². The highest BCUT2D eigenvalue weighted by Gasteiger charge is 2.32. The average Bonchev–Trinajstić information content (AvgIpc) is 3.39. The van der Waals surface area contributed by atoms with Crippen LogP contribution >= 0.6 is 0 Å². The largest absolute Gasteiger partial charge is 0.489 e. The van der Waals surface area contributed by atoms with Crippen molar-refractivity contribution in [2.45, 2.75) is 37.7 Å². The van der Waals surface area contributed by atoms with Gasteiger partial charge in [0.15, 0.2) is 5.82 Å². The summed E-state index contributed by atoms with van der Waals surface area (Å²) in [5.74, 6) is -0.0149. The maximum atomic E-state index is 13.1. The molecule has 0 spiro atoms. The fraction of sp³-hybridized carbons (Fsp3) is 0.385. The summed E-state index contributed by atoms with van der Waals surface area (Å²) in [6, 6.07) is 11.4. The van der Waals surface area contributed by atoms with Crippen molar-refractivity contribution in [3.05, 3.63) is 65.7 Å². The molecule has 2 aromatic heterocycles. The highest BCUT2D eigenvalue weighted by molar-refractivity contribution is 6.02. The fourth-order valence-corrected chi connectivity index (χ4v) is 3.75. The molecule has 1 aliphatic heterocycles. The van der Waals surface area contributed by atoms with E-state index in [1.54, 1.807) is 42.6 Å². The van der Waals surface area contributed by atoms with Gasteiger partial charge in [0.1, 0.15) is 36.7 Å². The Kier molecular flexibility index (Phi) is 8.44. The number of anilines is 2. The average molecular weight is 514 g/mol. The maximum Gasteiger partial charge on any atom is 0.274 e. The van der Waals surface area contributed by atoms with E-state index >= 15 is 0 Å². The number of hydrogen-bond donors (Lipinski definition) is 3. The number of rotatable bonds is 10. The lowest BCUT2D eigenvalue weighted by Crippen LogP contribution is -2.34. The number of carbonyl (C=O) groups excluding carboxylic acids is 2. The second kappa shape index (κ2) is 11.9. The molecule has 4 rings (SSSR count). The zero-order valence-corrected chi connectivity index (χ0v) is 20.4. The lowest BCUT2D eigenvalue weighted by atomic mass is 9.91. The zero-order chi connectivity index (χ0) is 26.3. The van der Waals surface area contributed by atoms with Crippen molar-refractivity contribution in [1.82, 2.24) is 15.5 Å². The SMILES string of the molecule is CC(CF)(CF)c1cc(NC(=O)Cc2ccc(NC(=O)c3ccc(OC4CCNCC4)cn3)cc2)no1. The summed E-state index contributed by atoms with van der Waals surface area (Å²) >= 11 is 0. The molecule has 3 N–H and O–H groups in total. The summed E-state index contributed by atoms with van der Waals surface area (Å²) in [7, 11) is 0. The molecule has 0 aliphatic carbocycles. The molecular formula is C26H29F2N5O4. The van der Waals surface area contributed by atoms with Crippen LogP contribution in [0, 0.1) is 0 Å². The molecule has 196 valence electrons. The number of halogens is 2. The Bertz CT molecular complexity index is 1190. The molecule has 2 amide bonds. The van der Waals surface area contributed by atoms with Crippen molar-refractivity contribution in [1.29, 1.82) is 0 Å². The highest BCUT2D eigenvalue weighted by Crippen LogP contribution is 2.27. The Labute approximate surface area is 213 Å². The van der Waals surface area contributed by atoms with Gasteiger partial charge >= 0.3 is 0 Å².